The Bertz CT molecular complexity index is 404. The van der Waals surface area contributed by atoms with Gasteiger partial charge in [-0.15, -0.1) is 0 Å². The fourth-order valence-electron chi connectivity index (χ4n) is 1.88. The number of rotatable bonds is 6. The van der Waals surface area contributed by atoms with Crippen molar-refractivity contribution < 1.29 is 4.79 Å². The molecule has 0 spiro atoms. The molecule has 1 saturated carbocycles. The number of hydrogen-bond donors (Lipinski definition) is 0. The second-order valence-electron chi connectivity index (χ2n) is 4.34. The highest BCUT2D eigenvalue weighted by molar-refractivity contribution is 7.99. The quantitative estimate of drug-likeness (QED) is 0.710. The smallest absolute Gasteiger partial charge is 0.165 e. The first-order chi connectivity index (χ1) is 8.31. The van der Waals surface area contributed by atoms with E-state index in [2.05, 4.69) is 19.1 Å². The van der Waals surface area contributed by atoms with E-state index in [1.54, 1.807) is 11.8 Å². The Morgan fingerprint density at radius 1 is 1.35 bits per heavy atom. The maximum atomic E-state index is 11.8. The molecule has 90 valence electrons. The second kappa shape index (κ2) is 6.06. The van der Waals surface area contributed by atoms with Crippen molar-refractivity contribution in [3.63, 3.8) is 0 Å². The molecule has 0 atom stereocenters. The van der Waals surface area contributed by atoms with Crippen molar-refractivity contribution in [2.24, 2.45) is 5.92 Å². The van der Waals surface area contributed by atoms with E-state index in [1.807, 2.05) is 24.3 Å². The van der Waals surface area contributed by atoms with Gasteiger partial charge in [-0.25, -0.2) is 0 Å². The Morgan fingerprint density at radius 2 is 2.06 bits per heavy atom. The van der Waals surface area contributed by atoms with Gasteiger partial charge in [0, 0.05) is 0 Å². The van der Waals surface area contributed by atoms with Crippen LogP contribution in [-0.4, -0.2) is 17.3 Å². The van der Waals surface area contributed by atoms with Gasteiger partial charge in [-0.2, -0.15) is 11.8 Å². The number of thioether (sulfide) groups is 1. The van der Waals surface area contributed by atoms with Crippen molar-refractivity contribution in [2.75, 3.05) is 11.5 Å². The van der Waals surface area contributed by atoms with E-state index >= 15 is 0 Å². The van der Waals surface area contributed by atoms with Crippen LogP contribution in [0.1, 0.15) is 25.3 Å². The molecule has 2 heteroatoms. The van der Waals surface area contributed by atoms with Crippen molar-refractivity contribution in [3.8, 4) is 0 Å². The molecule has 0 heterocycles. The molecular weight excluding hydrogens is 228 g/mol. The summed E-state index contributed by atoms with van der Waals surface area (Å²) in [5, 5.41) is 0. The Hall–Kier alpha value is -1.02. The van der Waals surface area contributed by atoms with Crippen molar-refractivity contribution in [1.82, 2.24) is 0 Å². The van der Waals surface area contributed by atoms with Crippen molar-refractivity contribution in [3.05, 3.63) is 42.0 Å². The summed E-state index contributed by atoms with van der Waals surface area (Å²) in [5.74, 6) is 2.49. The molecule has 0 N–H and O–H groups in total. The summed E-state index contributed by atoms with van der Waals surface area (Å²) < 4.78 is 0. The SMILES string of the molecule is CCSCC(=O)/C=C(\c1ccccc1)C1CC1. The van der Waals surface area contributed by atoms with E-state index < -0.39 is 0 Å². The Labute approximate surface area is 107 Å². The van der Waals surface area contributed by atoms with Gasteiger partial charge in [-0.05, 0) is 41.7 Å². The lowest BCUT2D eigenvalue weighted by Crippen LogP contribution is -2.00. The van der Waals surface area contributed by atoms with Crippen LogP contribution in [-0.2, 0) is 4.79 Å². The molecule has 0 aromatic heterocycles. The zero-order valence-electron chi connectivity index (χ0n) is 10.2. The van der Waals surface area contributed by atoms with E-state index in [0.717, 1.165) is 5.75 Å². The van der Waals surface area contributed by atoms with E-state index in [-0.39, 0.29) is 5.78 Å². The van der Waals surface area contributed by atoms with Gasteiger partial charge in [0.2, 0.25) is 0 Å². The van der Waals surface area contributed by atoms with Crippen molar-refractivity contribution in [1.29, 1.82) is 0 Å². The maximum absolute atomic E-state index is 11.8. The first kappa shape index (κ1) is 12.4. The topological polar surface area (TPSA) is 17.1 Å². The molecule has 1 aliphatic carbocycles. The molecular formula is C15H18OS. The van der Waals surface area contributed by atoms with Crippen LogP contribution >= 0.6 is 11.8 Å². The molecule has 1 aromatic carbocycles. The van der Waals surface area contributed by atoms with Crippen LogP contribution < -0.4 is 0 Å². The predicted molar refractivity (Wildman–Crippen MR) is 75.1 cm³/mol. The minimum absolute atomic E-state index is 0.252. The van der Waals surface area contributed by atoms with Crippen LogP contribution in [0.25, 0.3) is 5.57 Å². The molecule has 1 nitrogen and oxygen atoms in total. The van der Waals surface area contributed by atoms with Gasteiger partial charge < -0.3 is 0 Å². The number of benzene rings is 1. The molecule has 0 unspecified atom stereocenters. The molecule has 2 rings (SSSR count). The Balaban J connectivity index is 2.12. The summed E-state index contributed by atoms with van der Waals surface area (Å²) in [6, 6.07) is 10.3. The fraction of sp³-hybridized carbons (Fsp3) is 0.400. The van der Waals surface area contributed by atoms with Gasteiger partial charge in [-0.3, -0.25) is 4.79 Å². The number of carbonyl (C=O) groups excluding carboxylic acids is 1. The summed E-state index contributed by atoms with van der Waals surface area (Å²) in [4.78, 5) is 11.8. The van der Waals surface area contributed by atoms with E-state index in [1.165, 1.54) is 24.0 Å². The van der Waals surface area contributed by atoms with Crippen LogP contribution in [0.2, 0.25) is 0 Å². The number of hydrogen-bond acceptors (Lipinski definition) is 2. The molecule has 1 aromatic rings. The third kappa shape index (κ3) is 3.74. The van der Waals surface area contributed by atoms with Crippen LogP contribution in [0.4, 0.5) is 0 Å². The van der Waals surface area contributed by atoms with Crippen LogP contribution in [0, 0.1) is 5.92 Å². The average Bonchev–Trinajstić information content (AvgIpc) is 3.19. The molecule has 17 heavy (non-hydrogen) atoms. The summed E-state index contributed by atoms with van der Waals surface area (Å²) in [6.07, 6.45) is 4.33. The lowest BCUT2D eigenvalue weighted by atomic mass is 10.0. The minimum atomic E-state index is 0.252. The first-order valence-corrected chi connectivity index (χ1v) is 7.34. The predicted octanol–water partition coefficient (Wildman–Crippen LogP) is 3.80. The zero-order valence-corrected chi connectivity index (χ0v) is 11.0. The third-order valence-electron chi connectivity index (χ3n) is 2.89. The van der Waals surface area contributed by atoms with E-state index in [4.69, 9.17) is 0 Å². The normalized spacial score (nSPS) is 15.9. The van der Waals surface area contributed by atoms with Gasteiger partial charge in [0.05, 0.1) is 5.75 Å². The lowest BCUT2D eigenvalue weighted by Gasteiger charge is -2.05. The highest BCUT2D eigenvalue weighted by atomic mass is 32.2. The molecule has 0 bridgehead atoms. The Morgan fingerprint density at radius 3 is 2.65 bits per heavy atom. The number of ketones is 1. The third-order valence-corrected chi connectivity index (χ3v) is 3.79. The van der Waals surface area contributed by atoms with E-state index in [9.17, 15) is 4.79 Å². The van der Waals surface area contributed by atoms with Gasteiger partial charge in [0.15, 0.2) is 5.78 Å². The van der Waals surface area contributed by atoms with Gasteiger partial charge in [0.25, 0.3) is 0 Å². The van der Waals surface area contributed by atoms with Gasteiger partial charge in [0.1, 0.15) is 0 Å². The van der Waals surface area contributed by atoms with Gasteiger partial charge in [-0.1, -0.05) is 37.3 Å². The number of carbonyl (C=O) groups is 1. The molecule has 0 radical (unpaired) electrons. The summed E-state index contributed by atoms with van der Waals surface area (Å²) in [5.41, 5.74) is 2.46. The molecule has 0 amide bonds. The second-order valence-corrected chi connectivity index (χ2v) is 5.62. The molecule has 1 aliphatic rings. The fourth-order valence-corrected chi connectivity index (χ4v) is 2.37. The van der Waals surface area contributed by atoms with Crippen molar-refractivity contribution >= 4 is 23.1 Å². The zero-order chi connectivity index (χ0) is 12.1. The minimum Gasteiger partial charge on any atom is -0.294 e. The monoisotopic (exact) mass is 246 g/mol. The van der Waals surface area contributed by atoms with Crippen LogP contribution in [0.3, 0.4) is 0 Å². The van der Waals surface area contributed by atoms with Crippen LogP contribution in [0.15, 0.2) is 36.4 Å². The van der Waals surface area contributed by atoms with Crippen molar-refractivity contribution in [2.45, 2.75) is 19.8 Å². The average molecular weight is 246 g/mol. The van der Waals surface area contributed by atoms with Crippen LogP contribution in [0.5, 0.6) is 0 Å². The summed E-state index contributed by atoms with van der Waals surface area (Å²) in [7, 11) is 0. The Kier molecular flexibility index (Phi) is 4.43. The lowest BCUT2D eigenvalue weighted by molar-refractivity contribution is -0.112. The largest absolute Gasteiger partial charge is 0.294 e. The summed E-state index contributed by atoms with van der Waals surface area (Å²) >= 11 is 1.69. The molecule has 0 aliphatic heterocycles. The molecule has 1 fully saturated rings. The number of allylic oxidation sites excluding steroid dienone is 2. The summed E-state index contributed by atoms with van der Waals surface area (Å²) in [6.45, 7) is 2.08. The maximum Gasteiger partial charge on any atom is 0.165 e. The van der Waals surface area contributed by atoms with E-state index in [0.29, 0.717) is 11.7 Å². The highest BCUT2D eigenvalue weighted by Gasteiger charge is 2.27. The van der Waals surface area contributed by atoms with Gasteiger partial charge >= 0.3 is 0 Å². The first-order valence-electron chi connectivity index (χ1n) is 6.19. The molecule has 0 saturated heterocycles. The highest BCUT2D eigenvalue weighted by Crippen LogP contribution is 2.41. The standard InChI is InChI=1S/C15H18OS/c1-2-17-11-14(16)10-15(13-8-9-13)12-6-4-3-5-7-12/h3-7,10,13H,2,8-9,11H2,1H3/b15-10+.